The standard InChI is InChI=1S/C17H13F3/c1-11-9-12-5-4-7-13(15(12)10-11)14-6-2-3-8-16(14)17(18,19)20/h2-8,10H,9H2,1H3. The van der Waals surface area contributed by atoms with E-state index >= 15 is 0 Å². The van der Waals surface area contributed by atoms with Crippen LogP contribution in [0.2, 0.25) is 0 Å². The van der Waals surface area contributed by atoms with Crippen molar-refractivity contribution in [2.24, 2.45) is 0 Å². The second-order valence-electron chi connectivity index (χ2n) is 5.09. The largest absolute Gasteiger partial charge is 0.417 e. The molecule has 0 fully saturated rings. The first-order chi connectivity index (χ1) is 9.47. The van der Waals surface area contributed by atoms with E-state index in [1.165, 1.54) is 11.6 Å². The molecule has 3 heteroatoms. The first kappa shape index (κ1) is 13.0. The first-order valence-corrected chi connectivity index (χ1v) is 6.42. The molecule has 0 aliphatic heterocycles. The molecule has 0 atom stereocenters. The number of alkyl halides is 3. The minimum Gasteiger partial charge on any atom is -0.166 e. The highest BCUT2D eigenvalue weighted by atomic mass is 19.4. The highest BCUT2D eigenvalue weighted by Crippen LogP contribution is 2.40. The third kappa shape index (κ3) is 2.13. The van der Waals surface area contributed by atoms with Gasteiger partial charge in [0.1, 0.15) is 0 Å². The van der Waals surface area contributed by atoms with Crippen LogP contribution in [0.15, 0.2) is 48.0 Å². The molecule has 0 saturated carbocycles. The van der Waals surface area contributed by atoms with E-state index in [0.29, 0.717) is 5.56 Å². The van der Waals surface area contributed by atoms with Crippen molar-refractivity contribution in [2.75, 3.05) is 0 Å². The number of benzene rings is 2. The molecule has 2 aromatic rings. The van der Waals surface area contributed by atoms with E-state index in [2.05, 4.69) is 0 Å². The van der Waals surface area contributed by atoms with Gasteiger partial charge in [-0.15, -0.1) is 0 Å². The summed E-state index contributed by atoms with van der Waals surface area (Å²) in [6, 6.07) is 11.3. The molecule has 0 bridgehead atoms. The van der Waals surface area contributed by atoms with Crippen LogP contribution in [-0.4, -0.2) is 0 Å². The van der Waals surface area contributed by atoms with Gasteiger partial charge in [0.05, 0.1) is 5.56 Å². The minimum absolute atomic E-state index is 0.253. The van der Waals surface area contributed by atoms with Crippen LogP contribution < -0.4 is 0 Å². The van der Waals surface area contributed by atoms with E-state index in [-0.39, 0.29) is 5.56 Å². The zero-order chi connectivity index (χ0) is 14.3. The van der Waals surface area contributed by atoms with Crippen LogP contribution in [-0.2, 0) is 12.6 Å². The molecule has 3 rings (SSSR count). The Bertz CT molecular complexity index is 694. The van der Waals surface area contributed by atoms with Crippen molar-refractivity contribution in [1.29, 1.82) is 0 Å². The van der Waals surface area contributed by atoms with E-state index in [0.717, 1.165) is 23.6 Å². The highest BCUT2D eigenvalue weighted by molar-refractivity contribution is 5.82. The van der Waals surface area contributed by atoms with Gasteiger partial charge in [0.15, 0.2) is 0 Å². The molecule has 20 heavy (non-hydrogen) atoms. The lowest BCUT2D eigenvalue weighted by molar-refractivity contribution is -0.137. The molecule has 0 N–H and O–H groups in total. The van der Waals surface area contributed by atoms with Gasteiger partial charge in [-0.05, 0) is 41.7 Å². The normalized spacial score (nSPS) is 14.1. The lowest BCUT2D eigenvalue weighted by Crippen LogP contribution is -2.07. The van der Waals surface area contributed by atoms with Gasteiger partial charge in [-0.2, -0.15) is 13.2 Å². The van der Waals surface area contributed by atoms with Gasteiger partial charge < -0.3 is 0 Å². The van der Waals surface area contributed by atoms with Crippen LogP contribution in [0.25, 0.3) is 17.2 Å². The lowest BCUT2D eigenvalue weighted by Gasteiger charge is -2.15. The quantitative estimate of drug-likeness (QED) is 0.659. The van der Waals surface area contributed by atoms with Crippen molar-refractivity contribution >= 4 is 6.08 Å². The summed E-state index contributed by atoms with van der Waals surface area (Å²) in [7, 11) is 0. The molecule has 0 saturated heterocycles. The van der Waals surface area contributed by atoms with E-state index in [9.17, 15) is 13.2 Å². The van der Waals surface area contributed by atoms with E-state index < -0.39 is 11.7 Å². The van der Waals surface area contributed by atoms with Crippen LogP contribution >= 0.6 is 0 Å². The van der Waals surface area contributed by atoms with Crippen LogP contribution in [0.5, 0.6) is 0 Å². The van der Waals surface area contributed by atoms with Crippen molar-refractivity contribution in [3.05, 3.63) is 64.7 Å². The van der Waals surface area contributed by atoms with Crippen molar-refractivity contribution in [1.82, 2.24) is 0 Å². The maximum absolute atomic E-state index is 13.1. The molecular formula is C17H13F3. The maximum Gasteiger partial charge on any atom is 0.417 e. The molecule has 0 amide bonds. The second kappa shape index (κ2) is 4.51. The molecule has 1 aliphatic rings. The van der Waals surface area contributed by atoms with Gasteiger partial charge in [-0.25, -0.2) is 0 Å². The molecule has 0 radical (unpaired) electrons. The zero-order valence-electron chi connectivity index (χ0n) is 11.0. The topological polar surface area (TPSA) is 0 Å². The Labute approximate surface area is 115 Å². The number of halogens is 3. The van der Waals surface area contributed by atoms with Gasteiger partial charge in [0.25, 0.3) is 0 Å². The number of allylic oxidation sites excluding steroid dienone is 1. The predicted octanol–water partition coefficient (Wildman–Crippen LogP) is 5.33. The van der Waals surface area contributed by atoms with Crippen LogP contribution in [0, 0.1) is 0 Å². The molecule has 0 nitrogen and oxygen atoms in total. The number of hydrogen-bond acceptors (Lipinski definition) is 0. The SMILES string of the molecule is CC1=Cc2c(cccc2-c2ccccc2C(F)(F)F)C1. The Balaban J connectivity index is 2.24. The van der Waals surface area contributed by atoms with Gasteiger partial charge in [-0.3, -0.25) is 0 Å². The number of hydrogen-bond donors (Lipinski definition) is 0. The summed E-state index contributed by atoms with van der Waals surface area (Å²) >= 11 is 0. The fraction of sp³-hybridized carbons (Fsp3) is 0.176. The fourth-order valence-corrected chi connectivity index (χ4v) is 2.74. The van der Waals surface area contributed by atoms with Crippen molar-refractivity contribution in [3.63, 3.8) is 0 Å². The van der Waals surface area contributed by atoms with Crippen molar-refractivity contribution < 1.29 is 13.2 Å². The smallest absolute Gasteiger partial charge is 0.166 e. The molecular weight excluding hydrogens is 261 g/mol. The number of fused-ring (bicyclic) bond motifs is 1. The van der Waals surface area contributed by atoms with Crippen molar-refractivity contribution in [2.45, 2.75) is 19.5 Å². The zero-order valence-corrected chi connectivity index (χ0v) is 11.0. The highest BCUT2D eigenvalue weighted by Gasteiger charge is 2.33. The summed E-state index contributed by atoms with van der Waals surface area (Å²) in [6.07, 6.45) is -1.54. The van der Waals surface area contributed by atoms with E-state index in [1.807, 2.05) is 25.1 Å². The van der Waals surface area contributed by atoms with Gasteiger partial charge >= 0.3 is 6.18 Å². The predicted molar refractivity (Wildman–Crippen MR) is 74.2 cm³/mol. The van der Waals surface area contributed by atoms with Gasteiger partial charge in [0, 0.05) is 0 Å². The molecule has 2 aromatic carbocycles. The summed E-state index contributed by atoms with van der Waals surface area (Å²) in [6.45, 7) is 2.00. The van der Waals surface area contributed by atoms with E-state index in [1.54, 1.807) is 18.2 Å². The average Bonchev–Trinajstić information content (AvgIpc) is 2.77. The summed E-state index contributed by atoms with van der Waals surface area (Å²) in [4.78, 5) is 0. The average molecular weight is 274 g/mol. The Kier molecular flexibility index (Phi) is 2.93. The Morgan fingerprint density at radius 1 is 0.900 bits per heavy atom. The Hall–Kier alpha value is -2.03. The van der Waals surface area contributed by atoms with Gasteiger partial charge in [-0.1, -0.05) is 48.0 Å². The molecule has 102 valence electrons. The lowest BCUT2D eigenvalue weighted by atomic mass is 9.93. The first-order valence-electron chi connectivity index (χ1n) is 6.42. The fourth-order valence-electron chi connectivity index (χ4n) is 2.74. The second-order valence-corrected chi connectivity index (χ2v) is 5.09. The molecule has 0 spiro atoms. The van der Waals surface area contributed by atoms with Crippen molar-refractivity contribution in [3.8, 4) is 11.1 Å². The molecule has 0 unspecified atom stereocenters. The Morgan fingerprint density at radius 3 is 2.35 bits per heavy atom. The monoisotopic (exact) mass is 274 g/mol. The Morgan fingerprint density at radius 2 is 1.60 bits per heavy atom. The minimum atomic E-state index is -4.34. The van der Waals surface area contributed by atoms with Crippen LogP contribution in [0.4, 0.5) is 13.2 Å². The summed E-state index contributed by atoms with van der Waals surface area (Å²) in [5.41, 5.74) is 3.53. The summed E-state index contributed by atoms with van der Waals surface area (Å²) in [5.74, 6) is 0. The molecule has 1 aliphatic carbocycles. The van der Waals surface area contributed by atoms with Gasteiger partial charge in [0.2, 0.25) is 0 Å². The van der Waals surface area contributed by atoms with Crippen LogP contribution in [0.3, 0.4) is 0 Å². The summed E-state index contributed by atoms with van der Waals surface area (Å²) < 4.78 is 39.4. The summed E-state index contributed by atoms with van der Waals surface area (Å²) in [5, 5.41) is 0. The third-order valence-corrected chi connectivity index (χ3v) is 3.58. The number of rotatable bonds is 1. The maximum atomic E-state index is 13.1. The third-order valence-electron chi connectivity index (χ3n) is 3.58. The molecule has 0 aromatic heterocycles. The molecule has 0 heterocycles. The van der Waals surface area contributed by atoms with E-state index in [4.69, 9.17) is 0 Å². The van der Waals surface area contributed by atoms with Crippen LogP contribution in [0.1, 0.15) is 23.6 Å².